The van der Waals surface area contributed by atoms with Gasteiger partial charge >= 0.3 is 6.09 Å². The SMILES string of the molecule is CC(NC(=O)OCC1c2ccccc2-c2ccccc21)c1ccccc1. The lowest BCUT2D eigenvalue weighted by atomic mass is 9.98. The van der Waals surface area contributed by atoms with Gasteiger partial charge in [-0.25, -0.2) is 4.79 Å². The van der Waals surface area contributed by atoms with Crippen LogP contribution in [0.1, 0.15) is 35.6 Å². The van der Waals surface area contributed by atoms with Gasteiger partial charge in [-0.2, -0.15) is 0 Å². The summed E-state index contributed by atoms with van der Waals surface area (Å²) in [6.07, 6.45) is -0.386. The number of amides is 1. The fraction of sp³-hybridized carbons (Fsp3) is 0.174. The average Bonchev–Trinajstić information content (AvgIpc) is 3.01. The molecule has 1 atom stereocenters. The molecule has 0 spiro atoms. The first-order valence-corrected chi connectivity index (χ1v) is 8.90. The van der Waals surface area contributed by atoms with E-state index in [0.29, 0.717) is 6.61 Å². The molecule has 0 saturated heterocycles. The van der Waals surface area contributed by atoms with Gasteiger partial charge in [0.1, 0.15) is 6.61 Å². The number of alkyl carbamates (subject to hydrolysis) is 1. The van der Waals surface area contributed by atoms with Crippen LogP contribution in [0.5, 0.6) is 0 Å². The summed E-state index contributed by atoms with van der Waals surface area (Å²) in [4.78, 5) is 12.3. The third-order valence-corrected chi connectivity index (χ3v) is 4.98. The van der Waals surface area contributed by atoms with Crippen LogP contribution in [0.25, 0.3) is 11.1 Å². The summed E-state index contributed by atoms with van der Waals surface area (Å²) < 4.78 is 5.58. The van der Waals surface area contributed by atoms with Crippen molar-refractivity contribution >= 4 is 6.09 Å². The van der Waals surface area contributed by atoms with Gasteiger partial charge in [0.05, 0.1) is 6.04 Å². The molecule has 1 aliphatic rings. The summed E-state index contributed by atoms with van der Waals surface area (Å²) >= 11 is 0. The number of fused-ring (bicyclic) bond motifs is 3. The predicted molar refractivity (Wildman–Crippen MR) is 103 cm³/mol. The average molecular weight is 343 g/mol. The maximum Gasteiger partial charge on any atom is 0.407 e. The Bertz CT molecular complexity index is 875. The smallest absolute Gasteiger partial charge is 0.407 e. The first-order chi connectivity index (χ1) is 12.7. The molecule has 3 aromatic rings. The van der Waals surface area contributed by atoms with Crippen molar-refractivity contribution in [3.8, 4) is 11.1 Å². The number of carbonyl (C=O) groups excluding carboxylic acids is 1. The fourth-order valence-corrected chi connectivity index (χ4v) is 3.64. The summed E-state index contributed by atoms with van der Waals surface area (Å²) in [5.41, 5.74) is 5.96. The van der Waals surface area contributed by atoms with E-state index in [0.717, 1.165) is 5.56 Å². The number of nitrogens with one attached hydrogen (secondary N) is 1. The number of hydrogen-bond donors (Lipinski definition) is 1. The monoisotopic (exact) mass is 343 g/mol. The zero-order valence-corrected chi connectivity index (χ0v) is 14.7. The van der Waals surface area contributed by atoms with Crippen LogP contribution in [0, 0.1) is 0 Å². The first kappa shape index (κ1) is 16.4. The molecule has 1 amide bonds. The second-order valence-corrected chi connectivity index (χ2v) is 6.60. The van der Waals surface area contributed by atoms with E-state index in [1.165, 1.54) is 22.3 Å². The molecule has 26 heavy (non-hydrogen) atoms. The highest BCUT2D eigenvalue weighted by atomic mass is 16.5. The van der Waals surface area contributed by atoms with Crippen LogP contribution in [-0.4, -0.2) is 12.7 Å². The zero-order chi connectivity index (χ0) is 17.9. The lowest BCUT2D eigenvalue weighted by Gasteiger charge is -2.17. The highest BCUT2D eigenvalue weighted by molar-refractivity contribution is 5.79. The van der Waals surface area contributed by atoms with E-state index in [2.05, 4.69) is 29.6 Å². The van der Waals surface area contributed by atoms with Gasteiger partial charge in [0, 0.05) is 5.92 Å². The number of hydrogen-bond acceptors (Lipinski definition) is 2. The number of carbonyl (C=O) groups is 1. The minimum absolute atomic E-state index is 0.0835. The molecule has 3 heteroatoms. The normalized spacial score (nSPS) is 13.6. The van der Waals surface area contributed by atoms with Gasteiger partial charge in [-0.3, -0.25) is 0 Å². The van der Waals surface area contributed by atoms with Crippen molar-refractivity contribution in [1.29, 1.82) is 0 Å². The van der Waals surface area contributed by atoms with Crippen molar-refractivity contribution in [2.75, 3.05) is 6.61 Å². The molecule has 0 aliphatic heterocycles. The summed E-state index contributed by atoms with van der Waals surface area (Å²) in [7, 11) is 0. The van der Waals surface area contributed by atoms with Crippen LogP contribution in [0.15, 0.2) is 78.9 Å². The highest BCUT2D eigenvalue weighted by Gasteiger charge is 2.29. The largest absolute Gasteiger partial charge is 0.449 e. The Labute approximate surface area is 153 Å². The van der Waals surface area contributed by atoms with Gasteiger partial charge in [0.25, 0.3) is 0 Å². The van der Waals surface area contributed by atoms with Gasteiger partial charge in [-0.05, 0) is 34.7 Å². The molecule has 1 N–H and O–H groups in total. The first-order valence-electron chi connectivity index (χ1n) is 8.90. The Kier molecular flexibility index (Phi) is 4.44. The van der Waals surface area contributed by atoms with E-state index in [9.17, 15) is 4.79 Å². The minimum atomic E-state index is -0.386. The second-order valence-electron chi connectivity index (χ2n) is 6.60. The molecule has 4 rings (SSSR count). The molecule has 0 saturated carbocycles. The molecule has 0 aromatic heterocycles. The van der Waals surface area contributed by atoms with E-state index < -0.39 is 0 Å². The molecule has 3 aromatic carbocycles. The summed E-state index contributed by atoms with van der Waals surface area (Å²) in [5.74, 6) is 0.0835. The molecule has 1 unspecified atom stereocenters. The Morgan fingerprint density at radius 2 is 1.42 bits per heavy atom. The van der Waals surface area contributed by atoms with Gasteiger partial charge in [0.2, 0.25) is 0 Å². The van der Waals surface area contributed by atoms with Crippen LogP contribution < -0.4 is 5.32 Å². The fourth-order valence-electron chi connectivity index (χ4n) is 3.64. The Morgan fingerprint density at radius 1 is 0.885 bits per heavy atom. The second kappa shape index (κ2) is 7.04. The molecule has 0 bridgehead atoms. The Morgan fingerprint density at radius 3 is 2.04 bits per heavy atom. The lowest BCUT2D eigenvalue weighted by Crippen LogP contribution is -2.28. The van der Waals surface area contributed by atoms with Crippen molar-refractivity contribution in [2.24, 2.45) is 0 Å². The summed E-state index contributed by atoms with van der Waals surface area (Å²) in [5, 5.41) is 2.91. The van der Waals surface area contributed by atoms with Gasteiger partial charge < -0.3 is 10.1 Å². The lowest BCUT2D eigenvalue weighted by molar-refractivity contribution is 0.140. The standard InChI is InChI=1S/C23H21NO2/c1-16(17-9-3-2-4-10-17)24-23(25)26-15-22-20-13-7-5-11-18(20)19-12-6-8-14-21(19)22/h2-14,16,22H,15H2,1H3,(H,24,25). The van der Waals surface area contributed by atoms with Crippen LogP contribution in [0.4, 0.5) is 4.79 Å². The molecule has 0 fully saturated rings. The van der Waals surface area contributed by atoms with Gasteiger partial charge in [-0.1, -0.05) is 78.9 Å². The van der Waals surface area contributed by atoms with E-state index >= 15 is 0 Å². The topological polar surface area (TPSA) is 38.3 Å². The quantitative estimate of drug-likeness (QED) is 0.699. The van der Waals surface area contributed by atoms with Crippen LogP contribution in [-0.2, 0) is 4.74 Å². The van der Waals surface area contributed by atoms with E-state index in [-0.39, 0.29) is 18.1 Å². The third kappa shape index (κ3) is 3.08. The zero-order valence-electron chi connectivity index (χ0n) is 14.7. The van der Waals surface area contributed by atoms with E-state index in [1.54, 1.807) is 0 Å². The van der Waals surface area contributed by atoms with E-state index in [1.807, 2.05) is 61.5 Å². The van der Waals surface area contributed by atoms with Crippen LogP contribution in [0.2, 0.25) is 0 Å². The maximum atomic E-state index is 12.3. The Hall–Kier alpha value is -3.07. The summed E-state index contributed by atoms with van der Waals surface area (Å²) in [6, 6.07) is 26.5. The number of rotatable bonds is 4. The number of benzene rings is 3. The van der Waals surface area contributed by atoms with Crippen molar-refractivity contribution in [3.63, 3.8) is 0 Å². The molecule has 0 heterocycles. The van der Waals surface area contributed by atoms with Crippen molar-refractivity contribution in [1.82, 2.24) is 5.32 Å². The maximum absolute atomic E-state index is 12.3. The van der Waals surface area contributed by atoms with Gasteiger partial charge in [-0.15, -0.1) is 0 Å². The molecule has 3 nitrogen and oxygen atoms in total. The molecular formula is C23H21NO2. The molecule has 0 radical (unpaired) electrons. The van der Waals surface area contributed by atoms with Crippen LogP contribution in [0.3, 0.4) is 0 Å². The van der Waals surface area contributed by atoms with Crippen molar-refractivity contribution in [3.05, 3.63) is 95.6 Å². The minimum Gasteiger partial charge on any atom is -0.449 e. The predicted octanol–water partition coefficient (Wildman–Crippen LogP) is 5.29. The van der Waals surface area contributed by atoms with Crippen LogP contribution >= 0.6 is 0 Å². The molecule has 1 aliphatic carbocycles. The Balaban J connectivity index is 1.46. The number of ether oxygens (including phenoxy) is 1. The van der Waals surface area contributed by atoms with Gasteiger partial charge in [0.15, 0.2) is 0 Å². The molecular weight excluding hydrogens is 322 g/mol. The highest BCUT2D eigenvalue weighted by Crippen LogP contribution is 2.44. The summed E-state index contributed by atoms with van der Waals surface area (Å²) in [6.45, 7) is 2.29. The van der Waals surface area contributed by atoms with Crippen molar-refractivity contribution < 1.29 is 9.53 Å². The van der Waals surface area contributed by atoms with E-state index in [4.69, 9.17) is 4.74 Å². The third-order valence-electron chi connectivity index (χ3n) is 4.98. The van der Waals surface area contributed by atoms with Crippen molar-refractivity contribution in [2.45, 2.75) is 18.9 Å². The molecule has 130 valence electrons.